The first-order valence-corrected chi connectivity index (χ1v) is 9.30. The summed E-state index contributed by atoms with van der Waals surface area (Å²) >= 11 is 0. The molecule has 3 nitrogen and oxygen atoms in total. The fraction of sp³-hybridized carbons (Fsp3) is 0.0400. The van der Waals surface area contributed by atoms with Gasteiger partial charge in [0.25, 0.3) is 0 Å². The average Bonchev–Trinajstić information content (AvgIpc) is 3.17. The van der Waals surface area contributed by atoms with Crippen LogP contribution < -0.4 is 0 Å². The monoisotopic (exact) mass is 363 g/mol. The molecule has 0 N–H and O–H groups in total. The van der Waals surface area contributed by atoms with Gasteiger partial charge in [0.2, 0.25) is 0 Å². The van der Waals surface area contributed by atoms with Crippen molar-refractivity contribution in [3.05, 3.63) is 116 Å². The largest absolute Gasteiger partial charge is 0.278 e. The predicted octanol–water partition coefficient (Wildman–Crippen LogP) is 5.93. The van der Waals surface area contributed by atoms with E-state index in [0.29, 0.717) is 6.42 Å². The van der Waals surface area contributed by atoms with E-state index >= 15 is 0 Å². The van der Waals surface area contributed by atoms with Gasteiger partial charge in [0.1, 0.15) is 5.82 Å². The van der Waals surface area contributed by atoms with Gasteiger partial charge >= 0.3 is 0 Å². The van der Waals surface area contributed by atoms with Gasteiger partial charge in [-0.15, -0.1) is 10.2 Å². The van der Waals surface area contributed by atoms with E-state index in [1.807, 2.05) is 36.4 Å². The first-order valence-electron chi connectivity index (χ1n) is 9.30. The molecule has 3 heteroatoms. The Labute approximate surface area is 165 Å². The Balaban J connectivity index is 1.87. The molecule has 1 aromatic heterocycles. The molecule has 1 heterocycles. The predicted molar refractivity (Wildman–Crippen MR) is 116 cm³/mol. The summed E-state index contributed by atoms with van der Waals surface area (Å²) in [7, 11) is 0. The summed E-state index contributed by atoms with van der Waals surface area (Å²) in [5.74, 6) is 1.75. The molecule has 0 unspecified atom stereocenters. The molecule has 28 heavy (non-hydrogen) atoms. The first kappa shape index (κ1) is 17.7. The molecule has 0 fully saturated rings. The highest BCUT2D eigenvalue weighted by Crippen LogP contribution is 2.28. The van der Waals surface area contributed by atoms with Crippen LogP contribution in [0.3, 0.4) is 0 Å². The Morgan fingerprint density at radius 2 is 1.57 bits per heavy atom. The molecule has 0 aliphatic heterocycles. The van der Waals surface area contributed by atoms with Crippen LogP contribution in [0.15, 0.2) is 110 Å². The van der Waals surface area contributed by atoms with Crippen LogP contribution in [0.1, 0.15) is 5.82 Å². The molecule has 3 aromatic carbocycles. The second-order valence-corrected chi connectivity index (χ2v) is 6.39. The molecule has 0 bridgehead atoms. The second-order valence-electron chi connectivity index (χ2n) is 6.39. The van der Waals surface area contributed by atoms with Gasteiger partial charge in [0.05, 0.1) is 5.69 Å². The van der Waals surface area contributed by atoms with Crippen LogP contribution in [0, 0.1) is 0 Å². The number of rotatable bonds is 6. The zero-order chi connectivity index (χ0) is 19.2. The first-order chi connectivity index (χ1) is 13.9. The van der Waals surface area contributed by atoms with Gasteiger partial charge in [-0.1, -0.05) is 104 Å². The Morgan fingerprint density at radius 1 is 0.786 bits per heavy atom. The Kier molecular flexibility index (Phi) is 5.25. The van der Waals surface area contributed by atoms with Gasteiger partial charge in [0.15, 0.2) is 5.82 Å². The normalized spacial score (nSPS) is 11.6. The molecule has 0 spiro atoms. The molecule has 0 amide bonds. The molecule has 136 valence electrons. The summed E-state index contributed by atoms with van der Waals surface area (Å²) in [4.78, 5) is 0. The smallest absolute Gasteiger partial charge is 0.168 e. The maximum atomic E-state index is 4.53. The fourth-order valence-electron chi connectivity index (χ4n) is 3.27. The summed E-state index contributed by atoms with van der Waals surface area (Å²) in [6.45, 7) is 3.69. The van der Waals surface area contributed by atoms with Crippen LogP contribution in [0.25, 0.3) is 27.8 Å². The van der Waals surface area contributed by atoms with Gasteiger partial charge < -0.3 is 0 Å². The highest BCUT2D eigenvalue weighted by atomic mass is 15.3. The van der Waals surface area contributed by atoms with Crippen molar-refractivity contribution in [3.63, 3.8) is 0 Å². The SMILES string of the molecule is C=C/C=C\C=C/Cc1nnc(-c2ccccc2)n1-c1cccc2ccccc12. The molecule has 0 atom stereocenters. The van der Waals surface area contributed by atoms with Crippen molar-refractivity contribution >= 4 is 10.8 Å². The topological polar surface area (TPSA) is 30.7 Å². The number of aromatic nitrogens is 3. The van der Waals surface area contributed by atoms with Gasteiger partial charge in [-0.2, -0.15) is 0 Å². The summed E-state index contributed by atoms with van der Waals surface area (Å²) in [5, 5.41) is 11.4. The Hall–Kier alpha value is -3.72. The van der Waals surface area contributed by atoms with Crippen molar-refractivity contribution in [3.8, 4) is 17.1 Å². The molecule has 0 aliphatic rings. The van der Waals surface area contributed by atoms with E-state index in [-0.39, 0.29) is 0 Å². The molecule has 0 saturated carbocycles. The maximum Gasteiger partial charge on any atom is 0.168 e. The summed E-state index contributed by atoms with van der Waals surface area (Å²) < 4.78 is 2.17. The molecule has 0 radical (unpaired) electrons. The van der Waals surface area contributed by atoms with Crippen molar-refractivity contribution in [1.29, 1.82) is 0 Å². The molecule has 4 rings (SSSR count). The quantitative estimate of drug-likeness (QED) is 0.398. The number of hydrogen-bond acceptors (Lipinski definition) is 2. The van der Waals surface area contributed by atoms with E-state index in [2.05, 4.69) is 82.0 Å². The van der Waals surface area contributed by atoms with Gasteiger partial charge in [-0.25, -0.2) is 0 Å². The van der Waals surface area contributed by atoms with Crippen molar-refractivity contribution in [2.45, 2.75) is 6.42 Å². The van der Waals surface area contributed by atoms with Crippen molar-refractivity contribution in [2.24, 2.45) is 0 Å². The van der Waals surface area contributed by atoms with Crippen LogP contribution in [0.5, 0.6) is 0 Å². The van der Waals surface area contributed by atoms with Crippen LogP contribution in [0.2, 0.25) is 0 Å². The van der Waals surface area contributed by atoms with Gasteiger partial charge in [-0.3, -0.25) is 4.57 Å². The second kappa shape index (κ2) is 8.31. The highest BCUT2D eigenvalue weighted by Gasteiger charge is 2.16. The Bertz CT molecular complexity index is 1150. The van der Waals surface area contributed by atoms with E-state index < -0.39 is 0 Å². The minimum atomic E-state index is 0.685. The van der Waals surface area contributed by atoms with Gasteiger partial charge in [0, 0.05) is 17.4 Å². The number of fused-ring (bicyclic) bond motifs is 1. The lowest BCUT2D eigenvalue weighted by Gasteiger charge is -2.13. The maximum absolute atomic E-state index is 4.53. The molecule has 0 saturated heterocycles. The third kappa shape index (κ3) is 3.55. The lowest BCUT2D eigenvalue weighted by atomic mass is 10.1. The van der Waals surface area contributed by atoms with Crippen LogP contribution in [-0.4, -0.2) is 14.8 Å². The zero-order valence-electron chi connectivity index (χ0n) is 15.6. The lowest BCUT2D eigenvalue weighted by Crippen LogP contribution is -2.03. The number of hydrogen-bond donors (Lipinski definition) is 0. The lowest BCUT2D eigenvalue weighted by molar-refractivity contribution is 0.927. The third-order valence-corrected chi connectivity index (χ3v) is 4.56. The van der Waals surface area contributed by atoms with E-state index in [1.54, 1.807) is 6.08 Å². The molecule has 4 aromatic rings. The third-order valence-electron chi connectivity index (χ3n) is 4.56. The van der Waals surface area contributed by atoms with E-state index in [0.717, 1.165) is 22.9 Å². The number of nitrogens with zero attached hydrogens (tertiary/aromatic N) is 3. The number of allylic oxidation sites excluding steroid dienone is 5. The minimum Gasteiger partial charge on any atom is -0.278 e. The van der Waals surface area contributed by atoms with E-state index in [9.17, 15) is 0 Å². The average molecular weight is 363 g/mol. The standard InChI is InChI=1S/C25H21N3/c1-2-3-4-5-9-19-24-26-27-25(21-14-7-6-8-15-21)28(24)23-18-12-16-20-13-10-11-17-22(20)23/h2-18H,1,19H2/b4-3-,9-5-. The number of benzene rings is 3. The van der Waals surface area contributed by atoms with Crippen LogP contribution in [0.4, 0.5) is 0 Å². The molecular formula is C25H21N3. The van der Waals surface area contributed by atoms with E-state index in [4.69, 9.17) is 0 Å². The highest BCUT2D eigenvalue weighted by molar-refractivity contribution is 5.90. The van der Waals surface area contributed by atoms with Crippen molar-refractivity contribution in [1.82, 2.24) is 14.8 Å². The molecule has 0 aliphatic carbocycles. The summed E-state index contributed by atoms with van der Waals surface area (Å²) in [6.07, 6.45) is 10.4. The van der Waals surface area contributed by atoms with Crippen LogP contribution in [-0.2, 0) is 6.42 Å². The summed E-state index contributed by atoms with van der Waals surface area (Å²) in [6, 6.07) is 24.9. The Morgan fingerprint density at radius 3 is 2.43 bits per heavy atom. The zero-order valence-corrected chi connectivity index (χ0v) is 15.6. The van der Waals surface area contributed by atoms with Gasteiger partial charge in [-0.05, 0) is 11.5 Å². The van der Waals surface area contributed by atoms with E-state index in [1.165, 1.54) is 10.8 Å². The summed E-state index contributed by atoms with van der Waals surface area (Å²) in [5.41, 5.74) is 2.14. The fourth-order valence-corrected chi connectivity index (χ4v) is 3.27. The van der Waals surface area contributed by atoms with Crippen LogP contribution >= 0.6 is 0 Å². The molecular weight excluding hydrogens is 342 g/mol. The van der Waals surface area contributed by atoms with Crippen molar-refractivity contribution < 1.29 is 0 Å². The van der Waals surface area contributed by atoms with Crippen molar-refractivity contribution in [2.75, 3.05) is 0 Å². The minimum absolute atomic E-state index is 0.685.